The molecule has 1 aromatic rings. The van der Waals surface area contributed by atoms with E-state index in [9.17, 15) is 0 Å². The Morgan fingerprint density at radius 1 is 1.31 bits per heavy atom. The van der Waals surface area contributed by atoms with Crippen LogP contribution in [0.2, 0.25) is 0 Å². The molecular weight excluding hydrogens is 194 g/mol. The van der Waals surface area contributed by atoms with Crippen molar-refractivity contribution in [3.63, 3.8) is 0 Å². The first-order chi connectivity index (χ1) is 7.85. The molecule has 0 amide bonds. The molecule has 0 aromatic heterocycles. The van der Waals surface area contributed by atoms with Crippen LogP contribution in [-0.2, 0) is 0 Å². The third-order valence-corrected chi connectivity index (χ3v) is 3.90. The van der Waals surface area contributed by atoms with Gasteiger partial charge in [-0.05, 0) is 48.8 Å². The van der Waals surface area contributed by atoms with Crippen LogP contribution in [0.1, 0.15) is 56.1 Å². The highest BCUT2D eigenvalue weighted by atomic mass is 14.9. The first kappa shape index (κ1) is 11.7. The summed E-state index contributed by atoms with van der Waals surface area (Å²) in [6, 6.07) is 9.27. The molecule has 0 aliphatic carbocycles. The van der Waals surface area contributed by atoms with Gasteiger partial charge in [0, 0.05) is 6.54 Å². The molecule has 1 heteroatoms. The third kappa shape index (κ3) is 2.46. The minimum atomic E-state index is 0.745. The Bertz CT molecular complexity index is 305. The molecule has 2 rings (SSSR count). The van der Waals surface area contributed by atoms with Crippen LogP contribution in [0.3, 0.4) is 0 Å². The highest BCUT2D eigenvalue weighted by molar-refractivity contribution is 5.29. The van der Waals surface area contributed by atoms with E-state index in [0.717, 1.165) is 18.4 Å². The maximum absolute atomic E-state index is 3.45. The summed E-state index contributed by atoms with van der Waals surface area (Å²) in [7, 11) is 0. The van der Waals surface area contributed by atoms with Gasteiger partial charge in [-0.3, -0.25) is 0 Å². The first-order valence-corrected chi connectivity index (χ1v) is 6.65. The zero-order valence-corrected chi connectivity index (χ0v) is 10.5. The molecule has 1 N–H and O–H groups in total. The summed E-state index contributed by atoms with van der Waals surface area (Å²) in [4.78, 5) is 0. The molecule has 88 valence electrons. The molecule has 0 saturated carbocycles. The lowest BCUT2D eigenvalue weighted by atomic mass is 9.89. The quantitative estimate of drug-likeness (QED) is 0.811. The van der Waals surface area contributed by atoms with Gasteiger partial charge >= 0.3 is 0 Å². The standard InChI is InChI=1S/C15H23N/c1-3-12(4-2)13-6-5-7-14(10-13)15-8-9-16-11-15/h5-7,10,12,15-16H,3-4,8-9,11H2,1-2H3. The van der Waals surface area contributed by atoms with Gasteiger partial charge in [0.15, 0.2) is 0 Å². The summed E-state index contributed by atoms with van der Waals surface area (Å²) in [6.45, 7) is 6.92. The highest BCUT2D eigenvalue weighted by Gasteiger charge is 2.17. The number of hydrogen-bond donors (Lipinski definition) is 1. The monoisotopic (exact) mass is 217 g/mol. The fourth-order valence-electron chi connectivity index (χ4n) is 2.77. The molecule has 1 atom stereocenters. The van der Waals surface area contributed by atoms with E-state index in [1.165, 1.54) is 36.9 Å². The van der Waals surface area contributed by atoms with E-state index >= 15 is 0 Å². The van der Waals surface area contributed by atoms with Crippen LogP contribution in [0.15, 0.2) is 24.3 Å². The molecule has 1 unspecified atom stereocenters. The fourth-order valence-corrected chi connectivity index (χ4v) is 2.77. The van der Waals surface area contributed by atoms with Gasteiger partial charge in [-0.2, -0.15) is 0 Å². The van der Waals surface area contributed by atoms with Crippen LogP contribution in [0, 0.1) is 0 Å². The van der Waals surface area contributed by atoms with Gasteiger partial charge in [0.05, 0.1) is 0 Å². The lowest BCUT2D eigenvalue weighted by molar-refractivity contribution is 0.639. The van der Waals surface area contributed by atoms with Crippen molar-refractivity contribution in [3.8, 4) is 0 Å². The predicted molar refractivity (Wildman–Crippen MR) is 70.0 cm³/mol. The Labute approximate surface area is 99.3 Å². The van der Waals surface area contributed by atoms with Crippen LogP contribution in [-0.4, -0.2) is 13.1 Å². The van der Waals surface area contributed by atoms with Gasteiger partial charge in [-0.15, -0.1) is 0 Å². The molecule has 1 nitrogen and oxygen atoms in total. The average molecular weight is 217 g/mol. The molecule has 16 heavy (non-hydrogen) atoms. The van der Waals surface area contributed by atoms with Crippen LogP contribution < -0.4 is 5.32 Å². The maximum atomic E-state index is 3.45. The Morgan fingerprint density at radius 2 is 2.12 bits per heavy atom. The second-order valence-electron chi connectivity index (χ2n) is 4.87. The number of nitrogens with one attached hydrogen (secondary N) is 1. The van der Waals surface area contributed by atoms with Crippen molar-refractivity contribution in [3.05, 3.63) is 35.4 Å². The van der Waals surface area contributed by atoms with Crippen molar-refractivity contribution >= 4 is 0 Å². The Kier molecular flexibility index (Phi) is 4.00. The van der Waals surface area contributed by atoms with Crippen molar-refractivity contribution in [2.75, 3.05) is 13.1 Å². The SMILES string of the molecule is CCC(CC)c1cccc(C2CCNC2)c1. The van der Waals surface area contributed by atoms with Gasteiger partial charge in [0.25, 0.3) is 0 Å². The summed E-state index contributed by atoms with van der Waals surface area (Å²) < 4.78 is 0. The van der Waals surface area contributed by atoms with Gasteiger partial charge in [0.1, 0.15) is 0 Å². The number of hydrogen-bond acceptors (Lipinski definition) is 1. The van der Waals surface area contributed by atoms with E-state index in [-0.39, 0.29) is 0 Å². The van der Waals surface area contributed by atoms with Crippen molar-refractivity contribution in [2.24, 2.45) is 0 Å². The molecule has 0 spiro atoms. The summed E-state index contributed by atoms with van der Waals surface area (Å²) in [5.74, 6) is 1.49. The Balaban J connectivity index is 2.18. The molecule has 1 aliphatic heterocycles. The minimum Gasteiger partial charge on any atom is -0.316 e. The molecular formula is C15H23N. The largest absolute Gasteiger partial charge is 0.316 e. The normalized spacial score (nSPS) is 20.6. The van der Waals surface area contributed by atoms with Crippen molar-refractivity contribution in [2.45, 2.75) is 44.9 Å². The van der Waals surface area contributed by atoms with Crippen molar-refractivity contribution in [1.29, 1.82) is 0 Å². The topological polar surface area (TPSA) is 12.0 Å². The maximum Gasteiger partial charge on any atom is 0.00206 e. The Morgan fingerprint density at radius 3 is 2.75 bits per heavy atom. The van der Waals surface area contributed by atoms with Crippen molar-refractivity contribution < 1.29 is 0 Å². The summed E-state index contributed by atoms with van der Waals surface area (Å²) in [6.07, 6.45) is 3.80. The fraction of sp³-hybridized carbons (Fsp3) is 0.600. The number of benzene rings is 1. The molecule has 1 heterocycles. The number of rotatable bonds is 4. The van der Waals surface area contributed by atoms with Gasteiger partial charge in [-0.25, -0.2) is 0 Å². The molecule has 0 bridgehead atoms. The van der Waals surface area contributed by atoms with E-state index in [0.29, 0.717) is 0 Å². The minimum absolute atomic E-state index is 0.745. The van der Waals surface area contributed by atoms with E-state index in [1.54, 1.807) is 0 Å². The van der Waals surface area contributed by atoms with E-state index in [2.05, 4.69) is 43.4 Å². The second kappa shape index (κ2) is 5.49. The van der Waals surface area contributed by atoms with Gasteiger partial charge in [0.2, 0.25) is 0 Å². The zero-order valence-electron chi connectivity index (χ0n) is 10.5. The summed E-state index contributed by atoms with van der Waals surface area (Å²) >= 11 is 0. The lowest BCUT2D eigenvalue weighted by Crippen LogP contribution is -2.08. The molecule has 1 fully saturated rings. The first-order valence-electron chi connectivity index (χ1n) is 6.65. The van der Waals surface area contributed by atoms with E-state index < -0.39 is 0 Å². The second-order valence-corrected chi connectivity index (χ2v) is 4.87. The predicted octanol–water partition coefficient (Wildman–Crippen LogP) is 3.67. The average Bonchev–Trinajstić information content (AvgIpc) is 2.85. The molecule has 1 aliphatic rings. The van der Waals surface area contributed by atoms with E-state index in [4.69, 9.17) is 0 Å². The molecule has 0 radical (unpaired) electrons. The zero-order chi connectivity index (χ0) is 11.4. The smallest absolute Gasteiger partial charge is 0.00206 e. The van der Waals surface area contributed by atoms with Crippen LogP contribution in [0.5, 0.6) is 0 Å². The van der Waals surface area contributed by atoms with Crippen LogP contribution >= 0.6 is 0 Å². The summed E-state index contributed by atoms with van der Waals surface area (Å²) in [5.41, 5.74) is 3.07. The third-order valence-electron chi connectivity index (χ3n) is 3.90. The van der Waals surface area contributed by atoms with Gasteiger partial charge in [-0.1, -0.05) is 38.1 Å². The van der Waals surface area contributed by atoms with Crippen LogP contribution in [0.25, 0.3) is 0 Å². The van der Waals surface area contributed by atoms with Gasteiger partial charge < -0.3 is 5.32 Å². The van der Waals surface area contributed by atoms with Crippen LogP contribution in [0.4, 0.5) is 0 Å². The molecule has 1 aromatic carbocycles. The van der Waals surface area contributed by atoms with E-state index in [1.807, 2.05) is 0 Å². The Hall–Kier alpha value is -0.820. The van der Waals surface area contributed by atoms with Crippen molar-refractivity contribution in [1.82, 2.24) is 5.32 Å². The summed E-state index contributed by atoms with van der Waals surface area (Å²) in [5, 5.41) is 3.45. The lowest BCUT2D eigenvalue weighted by Gasteiger charge is -2.16. The molecule has 1 saturated heterocycles. The highest BCUT2D eigenvalue weighted by Crippen LogP contribution is 2.28.